The Morgan fingerprint density at radius 3 is 2.56 bits per heavy atom. The molecule has 2 aromatic rings. The Bertz CT molecular complexity index is 638. The molecule has 0 atom stereocenters. The molecule has 0 amide bonds. The molecule has 0 saturated heterocycles. The molecule has 1 aliphatic rings. The van der Waals surface area contributed by atoms with Gasteiger partial charge in [-0.1, -0.05) is 18.2 Å². The van der Waals surface area contributed by atoms with Gasteiger partial charge >= 0.3 is 0 Å². The van der Waals surface area contributed by atoms with Crippen molar-refractivity contribution in [2.75, 3.05) is 11.9 Å². The van der Waals surface area contributed by atoms with E-state index in [1.807, 2.05) is 12.1 Å². The van der Waals surface area contributed by atoms with Crippen molar-refractivity contribution in [3.05, 3.63) is 59.2 Å². The standard InChI is InChI=1S/C16H14N2/c1-18-15-5-3-2-4-13(15)7-8-14-10-12(11-17)6-9-16(14)18/h2-6,9-10H,7-8H2,1H3. The first-order chi connectivity index (χ1) is 8.79. The Labute approximate surface area is 107 Å². The molecular weight excluding hydrogens is 220 g/mol. The van der Waals surface area contributed by atoms with Gasteiger partial charge in [0.2, 0.25) is 0 Å². The topological polar surface area (TPSA) is 27.0 Å². The number of rotatable bonds is 0. The van der Waals surface area contributed by atoms with Crippen molar-refractivity contribution >= 4 is 11.4 Å². The van der Waals surface area contributed by atoms with Crippen molar-refractivity contribution < 1.29 is 0 Å². The fourth-order valence-corrected chi connectivity index (χ4v) is 2.63. The van der Waals surface area contributed by atoms with Crippen LogP contribution < -0.4 is 4.90 Å². The molecule has 88 valence electrons. The van der Waals surface area contributed by atoms with Crippen LogP contribution in [0.5, 0.6) is 0 Å². The maximum Gasteiger partial charge on any atom is 0.0991 e. The first-order valence-electron chi connectivity index (χ1n) is 6.14. The molecule has 0 fully saturated rings. The summed E-state index contributed by atoms with van der Waals surface area (Å²) in [7, 11) is 2.09. The Kier molecular flexibility index (Phi) is 2.53. The van der Waals surface area contributed by atoms with Gasteiger partial charge in [-0.3, -0.25) is 0 Å². The summed E-state index contributed by atoms with van der Waals surface area (Å²) in [5.41, 5.74) is 5.84. The van der Waals surface area contributed by atoms with E-state index >= 15 is 0 Å². The fourth-order valence-electron chi connectivity index (χ4n) is 2.63. The summed E-state index contributed by atoms with van der Waals surface area (Å²) >= 11 is 0. The van der Waals surface area contributed by atoms with Crippen LogP contribution >= 0.6 is 0 Å². The number of hydrogen-bond donors (Lipinski definition) is 0. The van der Waals surface area contributed by atoms with E-state index in [-0.39, 0.29) is 0 Å². The average molecular weight is 234 g/mol. The third kappa shape index (κ3) is 1.65. The normalized spacial score (nSPS) is 13.2. The van der Waals surface area contributed by atoms with Crippen LogP contribution in [0.1, 0.15) is 16.7 Å². The van der Waals surface area contributed by atoms with Crippen molar-refractivity contribution in [3.63, 3.8) is 0 Å². The molecule has 0 unspecified atom stereocenters. The molecule has 0 saturated carbocycles. The summed E-state index contributed by atoms with van der Waals surface area (Å²) < 4.78 is 0. The summed E-state index contributed by atoms with van der Waals surface area (Å²) in [6, 6.07) is 16.7. The molecular formula is C16H14N2. The van der Waals surface area contributed by atoms with Crippen molar-refractivity contribution in [1.82, 2.24) is 0 Å². The van der Waals surface area contributed by atoms with Crippen LogP contribution in [0.4, 0.5) is 11.4 Å². The van der Waals surface area contributed by atoms with E-state index in [0.29, 0.717) is 0 Å². The molecule has 3 rings (SSSR count). The zero-order valence-corrected chi connectivity index (χ0v) is 10.4. The second-order valence-corrected chi connectivity index (χ2v) is 4.64. The lowest BCUT2D eigenvalue weighted by Crippen LogP contribution is -2.11. The molecule has 18 heavy (non-hydrogen) atoms. The van der Waals surface area contributed by atoms with E-state index in [9.17, 15) is 0 Å². The summed E-state index contributed by atoms with van der Waals surface area (Å²) in [5, 5.41) is 8.99. The van der Waals surface area contributed by atoms with E-state index in [1.165, 1.54) is 22.5 Å². The van der Waals surface area contributed by atoms with Gasteiger partial charge in [0.1, 0.15) is 0 Å². The third-order valence-corrected chi connectivity index (χ3v) is 3.59. The monoisotopic (exact) mass is 234 g/mol. The van der Waals surface area contributed by atoms with Gasteiger partial charge in [-0.2, -0.15) is 5.26 Å². The Morgan fingerprint density at radius 2 is 1.72 bits per heavy atom. The lowest BCUT2D eigenvalue weighted by molar-refractivity contribution is 0.977. The first kappa shape index (κ1) is 10.9. The average Bonchev–Trinajstić information content (AvgIpc) is 2.57. The number of aryl methyl sites for hydroxylation is 2. The predicted octanol–water partition coefficient (Wildman–Crippen LogP) is 3.42. The lowest BCUT2D eigenvalue weighted by Gasteiger charge is -2.21. The van der Waals surface area contributed by atoms with E-state index in [0.717, 1.165) is 18.4 Å². The number of para-hydroxylation sites is 1. The van der Waals surface area contributed by atoms with Crippen LogP contribution in [0, 0.1) is 11.3 Å². The molecule has 0 bridgehead atoms. The van der Waals surface area contributed by atoms with Crippen LogP contribution in [-0.2, 0) is 12.8 Å². The summed E-state index contributed by atoms with van der Waals surface area (Å²) in [4.78, 5) is 2.22. The molecule has 0 spiro atoms. The summed E-state index contributed by atoms with van der Waals surface area (Å²) in [5.74, 6) is 0. The molecule has 2 heteroatoms. The van der Waals surface area contributed by atoms with E-state index in [2.05, 4.69) is 48.3 Å². The van der Waals surface area contributed by atoms with Gasteiger partial charge in [-0.15, -0.1) is 0 Å². The van der Waals surface area contributed by atoms with Gasteiger partial charge in [0, 0.05) is 18.4 Å². The number of nitriles is 1. The number of benzene rings is 2. The number of anilines is 2. The molecule has 1 aliphatic heterocycles. The number of hydrogen-bond acceptors (Lipinski definition) is 2. The molecule has 0 aromatic heterocycles. The Morgan fingerprint density at radius 1 is 1.00 bits per heavy atom. The highest BCUT2D eigenvalue weighted by Gasteiger charge is 2.17. The zero-order chi connectivity index (χ0) is 12.5. The third-order valence-electron chi connectivity index (χ3n) is 3.59. The second-order valence-electron chi connectivity index (χ2n) is 4.64. The molecule has 1 heterocycles. The second kappa shape index (κ2) is 4.19. The largest absolute Gasteiger partial charge is 0.344 e. The highest BCUT2D eigenvalue weighted by Crippen LogP contribution is 2.34. The van der Waals surface area contributed by atoms with Gasteiger partial charge in [0.25, 0.3) is 0 Å². The van der Waals surface area contributed by atoms with Gasteiger partial charge in [0.05, 0.1) is 11.6 Å². The predicted molar refractivity (Wildman–Crippen MR) is 73.1 cm³/mol. The Balaban J connectivity index is 2.15. The van der Waals surface area contributed by atoms with Crippen molar-refractivity contribution in [2.45, 2.75) is 12.8 Å². The smallest absolute Gasteiger partial charge is 0.0991 e. The van der Waals surface area contributed by atoms with Crippen molar-refractivity contribution in [1.29, 1.82) is 5.26 Å². The number of nitrogens with zero attached hydrogens (tertiary/aromatic N) is 2. The van der Waals surface area contributed by atoms with Crippen molar-refractivity contribution in [2.24, 2.45) is 0 Å². The minimum atomic E-state index is 0.744. The van der Waals surface area contributed by atoms with Crippen LogP contribution in [-0.4, -0.2) is 7.05 Å². The lowest BCUT2D eigenvalue weighted by atomic mass is 10.0. The summed E-state index contributed by atoms with van der Waals surface area (Å²) in [6.07, 6.45) is 2.02. The molecule has 0 radical (unpaired) electrons. The number of fused-ring (bicyclic) bond motifs is 2. The minimum Gasteiger partial charge on any atom is -0.344 e. The molecule has 2 nitrogen and oxygen atoms in total. The highest BCUT2D eigenvalue weighted by atomic mass is 15.1. The van der Waals surface area contributed by atoms with Crippen LogP contribution in [0.2, 0.25) is 0 Å². The SMILES string of the molecule is CN1c2ccccc2CCc2cc(C#N)ccc21. The van der Waals surface area contributed by atoms with Crippen LogP contribution in [0.25, 0.3) is 0 Å². The van der Waals surface area contributed by atoms with Crippen LogP contribution in [0.3, 0.4) is 0 Å². The molecule has 2 aromatic carbocycles. The van der Waals surface area contributed by atoms with Gasteiger partial charge in [-0.05, 0) is 48.2 Å². The van der Waals surface area contributed by atoms with E-state index < -0.39 is 0 Å². The zero-order valence-electron chi connectivity index (χ0n) is 10.4. The fraction of sp³-hybridized carbons (Fsp3) is 0.188. The van der Waals surface area contributed by atoms with Gasteiger partial charge < -0.3 is 4.90 Å². The first-order valence-corrected chi connectivity index (χ1v) is 6.14. The summed E-state index contributed by atoms with van der Waals surface area (Å²) in [6.45, 7) is 0. The quantitative estimate of drug-likeness (QED) is 0.698. The molecule has 0 N–H and O–H groups in total. The van der Waals surface area contributed by atoms with Gasteiger partial charge in [-0.25, -0.2) is 0 Å². The van der Waals surface area contributed by atoms with E-state index in [1.54, 1.807) is 0 Å². The van der Waals surface area contributed by atoms with E-state index in [4.69, 9.17) is 5.26 Å². The van der Waals surface area contributed by atoms with Crippen molar-refractivity contribution in [3.8, 4) is 6.07 Å². The maximum absolute atomic E-state index is 8.99. The molecule has 0 aliphatic carbocycles. The Hall–Kier alpha value is -2.27. The van der Waals surface area contributed by atoms with Crippen LogP contribution in [0.15, 0.2) is 42.5 Å². The highest BCUT2D eigenvalue weighted by molar-refractivity contribution is 5.71. The maximum atomic E-state index is 8.99. The minimum absolute atomic E-state index is 0.744. The van der Waals surface area contributed by atoms with Gasteiger partial charge in [0.15, 0.2) is 0 Å².